The smallest absolute Gasteiger partial charge is 0.273 e. The molecule has 1 N–H and O–H groups in total. The average Bonchev–Trinajstić information content (AvgIpc) is 3.46. The number of carbonyl (C=O) groups is 1. The first-order valence-corrected chi connectivity index (χ1v) is 13.9. The Kier molecular flexibility index (Phi) is 5.43. The topological polar surface area (TPSA) is 98.0 Å². The van der Waals surface area contributed by atoms with Gasteiger partial charge in [0.25, 0.3) is 5.54 Å². The first-order valence-electron chi connectivity index (χ1n) is 13.0. The number of benzene rings is 3. The first-order chi connectivity index (χ1) is 19.4. The van der Waals surface area contributed by atoms with Crippen molar-refractivity contribution in [2.24, 2.45) is 5.41 Å². The largest absolute Gasteiger partial charge is 0.301 e. The van der Waals surface area contributed by atoms with Gasteiger partial charge in [0.2, 0.25) is 5.91 Å². The fraction of sp³-hybridized carbons (Fsp3) is 0.156. The van der Waals surface area contributed by atoms with Crippen LogP contribution in [0.4, 0.5) is 5.13 Å². The number of thiazole rings is 1. The van der Waals surface area contributed by atoms with Crippen LogP contribution in [0.1, 0.15) is 41.5 Å². The van der Waals surface area contributed by atoms with Gasteiger partial charge >= 0.3 is 0 Å². The Balaban J connectivity index is 1.24. The van der Waals surface area contributed by atoms with Gasteiger partial charge in [-0.25, -0.2) is 4.98 Å². The summed E-state index contributed by atoms with van der Waals surface area (Å²) >= 11 is 1.34. The highest BCUT2D eigenvalue weighted by Crippen LogP contribution is 2.64. The molecule has 0 fully saturated rings. The molecule has 8 heteroatoms. The Bertz CT molecular complexity index is 1750. The highest BCUT2D eigenvalue weighted by molar-refractivity contribution is 7.14. The number of carbonyl (C=O) groups excluding carboxylic acids is 1. The third-order valence-corrected chi connectivity index (χ3v) is 9.16. The van der Waals surface area contributed by atoms with Crippen LogP contribution in [0.5, 0.6) is 0 Å². The van der Waals surface area contributed by atoms with E-state index in [1.54, 1.807) is 6.20 Å². The number of anilines is 1. The van der Waals surface area contributed by atoms with E-state index in [4.69, 9.17) is 4.98 Å². The number of rotatable bonds is 5. The Morgan fingerprint density at radius 3 is 2.30 bits per heavy atom. The van der Waals surface area contributed by atoms with Crippen molar-refractivity contribution in [3.05, 3.63) is 135 Å². The minimum Gasteiger partial charge on any atom is -0.301 e. The minimum atomic E-state index is -1.49. The molecule has 3 aliphatic carbocycles. The van der Waals surface area contributed by atoms with Crippen LogP contribution < -0.4 is 5.32 Å². The van der Waals surface area contributed by atoms with Crippen LogP contribution in [-0.4, -0.2) is 20.8 Å². The van der Waals surface area contributed by atoms with Crippen LogP contribution in [0.25, 0.3) is 22.4 Å². The summed E-state index contributed by atoms with van der Waals surface area (Å²) in [5.74, 6) is -0.574. The van der Waals surface area contributed by atoms with Crippen molar-refractivity contribution in [2.45, 2.75) is 24.8 Å². The molecule has 0 radical (unpaired) electrons. The molecule has 196 valence electrons. The number of nitro groups is 1. The minimum absolute atomic E-state index is 0.0723. The van der Waals surface area contributed by atoms with Gasteiger partial charge in [-0.15, -0.1) is 11.3 Å². The molecular formula is C32H24N4O3S. The van der Waals surface area contributed by atoms with E-state index in [1.165, 1.54) is 11.3 Å². The fourth-order valence-electron chi connectivity index (χ4n) is 6.64. The average molecular weight is 545 g/mol. The molecule has 0 saturated carbocycles. The molecule has 8 rings (SSSR count). The van der Waals surface area contributed by atoms with Gasteiger partial charge in [0.1, 0.15) is 0 Å². The number of hydrogen-bond donors (Lipinski definition) is 1. The van der Waals surface area contributed by atoms with Crippen molar-refractivity contribution in [2.75, 3.05) is 5.32 Å². The van der Waals surface area contributed by atoms with Crippen LogP contribution in [0, 0.1) is 15.5 Å². The summed E-state index contributed by atoms with van der Waals surface area (Å²) in [7, 11) is 0. The molecule has 2 heterocycles. The molecule has 2 aromatic heterocycles. The maximum Gasteiger partial charge on any atom is 0.273 e. The Morgan fingerprint density at radius 1 is 0.950 bits per heavy atom. The number of hydrogen-bond acceptors (Lipinski definition) is 6. The van der Waals surface area contributed by atoms with Crippen molar-refractivity contribution in [1.29, 1.82) is 0 Å². The number of nitrogens with zero attached hydrogens (tertiary/aromatic N) is 3. The second-order valence-electron chi connectivity index (χ2n) is 10.6. The van der Waals surface area contributed by atoms with Crippen LogP contribution >= 0.6 is 11.3 Å². The van der Waals surface area contributed by atoms with Gasteiger partial charge < -0.3 is 5.32 Å². The SMILES string of the molecule is CC1(C(=O)Nc2nc(-c3cccc(-c4cccnc4)c3)cs2)CC2([N+](=O)[O-])c3ccccc3C1c1ccccc12. The molecular weight excluding hydrogens is 520 g/mol. The third kappa shape index (κ3) is 3.46. The Hall–Kier alpha value is -4.69. The van der Waals surface area contributed by atoms with Crippen LogP contribution in [0.2, 0.25) is 0 Å². The normalized spacial score (nSPS) is 22.3. The second-order valence-corrected chi connectivity index (χ2v) is 11.5. The van der Waals surface area contributed by atoms with E-state index in [0.717, 1.165) is 33.5 Å². The molecule has 0 saturated heterocycles. The van der Waals surface area contributed by atoms with E-state index in [-0.39, 0.29) is 23.2 Å². The lowest BCUT2D eigenvalue weighted by atomic mass is 9.49. The number of fused-ring (bicyclic) bond motifs is 1. The molecule has 3 aromatic carbocycles. The molecule has 40 heavy (non-hydrogen) atoms. The van der Waals surface area contributed by atoms with Gasteiger partial charge in [-0.3, -0.25) is 19.9 Å². The van der Waals surface area contributed by atoms with Crippen molar-refractivity contribution >= 4 is 22.4 Å². The van der Waals surface area contributed by atoms with Crippen molar-refractivity contribution in [3.63, 3.8) is 0 Å². The van der Waals surface area contributed by atoms with Crippen LogP contribution in [0.3, 0.4) is 0 Å². The molecule has 0 spiro atoms. The maximum atomic E-state index is 14.1. The van der Waals surface area contributed by atoms with E-state index < -0.39 is 11.0 Å². The molecule has 2 bridgehead atoms. The summed E-state index contributed by atoms with van der Waals surface area (Å²) in [6.07, 6.45) is 3.63. The molecule has 5 aromatic rings. The first kappa shape index (κ1) is 24.4. The maximum absolute atomic E-state index is 14.1. The summed E-state index contributed by atoms with van der Waals surface area (Å²) in [5.41, 5.74) is 4.21. The number of nitrogens with one attached hydrogen (secondary N) is 1. The number of pyridine rings is 1. The van der Waals surface area contributed by atoms with Crippen molar-refractivity contribution in [1.82, 2.24) is 9.97 Å². The predicted octanol–water partition coefficient (Wildman–Crippen LogP) is 6.89. The van der Waals surface area contributed by atoms with E-state index in [2.05, 4.69) is 10.3 Å². The molecule has 1 unspecified atom stereocenters. The highest BCUT2D eigenvalue weighted by atomic mass is 32.1. The predicted molar refractivity (Wildman–Crippen MR) is 155 cm³/mol. The second kappa shape index (κ2) is 8.93. The van der Waals surface area contributed by atoms with Crippen LogP contribution in [0.15, 0.2) is 103 Å². The molecule has 3 aliphatic rings. The highest BCUT2D eigenvalue weighted by Gasteiger charge is 2.67. The van der Waals surface area contributed by atoms with Gasteiger partial charge in [-0.1, -0.05) is 72.8 Å². The zero-order valence-electron chi connectivity index (χ0n) is 21.6. The lowest BCUT2D eigenvalue weighted by Gasteiger charge is -2.52. The summed E-state index contributed by atoms with van der Waals surface area (Å²) < 4.78 is 0. The standard InChI is InChI=1S/C32H24N4O3S/c1-31(19-32(36(38)39)25-13-4-2-11-23(25)28(31)24-12-3-5-14-26(24)32)29(37)35-30-34-27(18-40-30)21-9-6-8-20(16-21)22-10-7-15-33-17-22/h2-18,28H,19H2,1H3,(H,34,35,37). The zero-order chi connectivity index (χ0) is 27.5. The van der Waals surface area contributed by atoms with Crippen molar-refractivity contribution < 1.29 is 9.72 Å². The molecule has 1 amide bonds. The molecule has 1 atom stereocenters. The molecule has 7 nitrogen and oxygen atoms in total. The lowest BCUT2D eigenvalue weighted by Crippen LogP contribution is -2.57. The monoisotopic (exact) mass is 544 g/mol. The van der Waals surface area contributed by atoms with E-state index >= 15 is 0 Å². The summed E-state index contributed by atoms with van der Waals surface area (Å²) in [6.45, 7) is 1.85. The Labute approximate surface area is 234 Å². The summed E-state index contributed by atoms with van der Waals surface area (Å²) in [6, 6.07) is 26.9. The quantitative estimate of drug-likeness (QED) is 0.192. The van der Waals surface area contributed by atoms with Gasteiger partial charge in [0.15, 0.2) is 5.13 Å². The van der Waals surface area contributed by atoms with E-state index in [9.17, 15) is 14.9 Å². The fourth-order valence-corrected chi connectivity index (χ4v) is 7.36. The zero-order valence-corrected chi connectivity index (χ0v) is 22.4. The summed E-state index contributed by atoms with van der Waals surface area (Å²) in [5, 5.41) is 18.3. The molecule has 0 aliphatic heterocycles. The van der Waals surface area contributed by atoms with Gasteiger partial charge in [-0.2, -0.15) is 0 Å². The van der Waals surface area contributed by atoms with E-state index in [0.29, 0.717) is 16.3 Å². The summed E-state index contributed by atoms with van der Waals surface area (Å²) in [4.78, 5) is 35.7. The van der Waals surface area contributed by atoms with Crippen LogP contribution in [-0.2, 0) is 10.3 Å². The van der Waals surface area contributed by atoms with E-state index in [1.807, 2.05) is 103 Å². The van der Waals surface area contributed by atoms with Gasteiger partial charge in [0, 0.05) is 57.3 Å². The van der Waals surface area contributed by atoms with Gasteiger partial charge in [-0.05, 0) is 35.7 Å². The number of aromatic nitrogens is 2. The lowest BCUT2D eigenvalue weighted by molar-refractivity contribution is -0.573. The third-order valence-electron chi connectivity index (χ3n) is 8.40. The van der Waals surface area contributed by atoms with Crippen molar-refractivity contribution in [3.8, 4) is 22.4 Å². The Morgan fingerprint density at radius 2 is 1.62 bits per heavy atom. The number of amides is 1. The van der Waals surface area contributed by atoms with Gasteiger partial charge in [0.05, 0.1) is 11.1 Å².